The van der Waals surface area contributed by atoms with Crippen LogP contribution >= 0.6 is 11.6 Å². The number of amides is 1. The molecule has 2 fully saturated rings. The van der Waals surface area contributed by atoms with E-state index in [-0.39, 0.29) is 11.9 Å². The Morgan fingerprint density at radius 3 is 2.91 bits per heavy atom. The summed E-state index contributed by atoms with van der Waals surface area (Å²) < 4.78 is 11.0. The second kappa shape index (κ2) is 6.44. The third kappa shape index (κ3) is 3.07. The molecule has 0 spiro atoms. The van der Waals surface area contributed by atoms with Gasteiger partial charge in [0.05, 0.1) is 31.9 Å². The van der Waals surface area contributed by atoms with Gasteiger partial charge in [0.2, 0.25) is 0 Å². The fraction of sp³-hybridized carbons (Fsp3) is 0.562. The Kier molecular flexibility index (Phi) is 4.57. The highest BCUT2D eigenvalue weighted by Crippen LogP contribution is 2.26. The second-order valence-electron chi connectivity index (χ2n) is 6.05. The van der Waals surface area contributed by atoms with Gasteiger partial charge >= 0.3 is 0 Å². The number of likely N-dealkylation sites (N-methyl/N-ethyl adjacent to an activating group) is 1. The molecule has 0 saturated carbocycles. The van der Waals surface area contributed by atoms with Gasteiger partial charge in [0.15, 0.2) is 0 Å². The Labute approximate surface area is 135 Å². The summed E-state index contributed by atoms with van der Waals surface area (Å²) in [6.45, 7) is 3.71. The third-order valence-electron chi connectivity index (χ3n) is 4.42. The first-order valence-electron chi connectivity index (χ1n) is 7.49. The smallest absolute Gasteiger partial charge is 0.257 e. The molecule has 120 valence electrons. The van der Waals surface area contributed by atoms with Crippen molar-refractivity contribution in [1.82, 2.24) is 9.80 Å². The predicted octanol–water partition coefficient (Wildman–Crippen LogP) is 1.75. The minimum absolute atomic E-state index is 0.0217. The molecule has 0 radical (unpaired) electrons. The van der Waals surface area contributed by atoms with Crippen LogP contribution in [0.1, 0.15) is 10.4 Å². The van der Waals surface area contributed by atoms with Crippen molar-refractivity contribution in [2.75, 3.05) is 47.0 Å². The van der Waals surface area contributed by atoms with Crippen LogP contribution in [0.5, 0.6) is 5.75 Å². The molecular formula is C16H21ClN2O3. The Morgan fingerprint density at radius 1 is 1.32 bits per heavy atom. The van der Waals surface area contributed by atoms with Gasteiger partial charge in [0.1, 0.15) is 5.75 Å². The van der Waals surface area contributed by atoms with Crippen LogP contribution in [0.25, 0.3) is 0 Å². The number of halogens is 1. The highest BCUT2D eigenvalue weighted by atomic mass is 35.5. The Hall–Kier alpha value is -1.30. The number of hydrogen-bond donors (Lipinski definition) is 0. The molecule has 0 N–H and O–H groups in total. The maximum atomic E-state index is 13.0. The zero-order valence-corrected chi connectivity index (χ0v) is 13.7. The summed E-state index contributed by atoms with van der Waals surface area (Å²) in [4.78, 5) is 17.2. The molecule has 2 atom stereocenters. The lowest BCUT2D eigenvalue weighted by Crippen LogP contribution is -2.44. The van der Waals surface area contributed by atoms with Crippen molar-refractivity contribution in [3.8, 4) is 5.75 Å². The molecule has 22 heavy (non-hydrogen) atoms. The Bertz CT molecular complexity index is 566. The van der Waals surface area contributed by atoms with E-state index in [4.69, 9.17) is 21.1 Å². The molecule has 5 nitrogen and oxygen atoms in total. The summed E-state index contributed by atoms with van der Waals surface area (Å²) in [6, 6.07) is 5.39. The average molecular weight is 325 g/mol. The normalized spacial score (nSPS) is 25.7. The first-order valence-corrected chi connectivity index (χ1v) is 7.87. The molecule has 2 aliphatic rings. The zero-order chi connectivity index (χ0) is 15.7. The van der Waals surface area contributed by atoms with Crippen molar-refractivity contribution in [3.63, 3.8) is 0 Å². The van der Waals surface area contributed by atoms with E-state index in [0.29, 0.717) is 48.6 Å². The van der Waals surface area contributed by atoms with Crippen LogP contribution in [-0.2, 0) is 4.74 Å². The number of ether oxygens (including phenoxy) is 2. The van der Waals surface area contributed by atoms with E-state index in [0.717, 1.165) is 6.54 Å². The van der Waals surface area contributed by atoms with Crippen LogP contribution < -0.4 is 4.74 Å². The van der Waals surface area contributed by atoms with Crippen molar-refractivity contribution < 1.29 is 14.3 Å². The summed E-state index contributed by atoms with van der Waals surface area (Å²) in [6.07, 6.45) is 0. The molecule has 1 aromatic carbocycles. The Morgan fingerprint density at radius 2 is 2.14 bits per heavy atom. The number of carbonyl (C=O) groups is 1. The molecule has 0 unspecified atom stereocenters. The van der Waals surface area contributed by atoms with E-state index in [2.05, 4.69) is 11.9 Å². The van der Waals surface area contributed by atoms with Crippen LogP contribution in [0.15, 0.2) is 18.2 Å². The van der Waals surface area contributed by atoms with Crippen molar-refractivity contribution in [1.29, 1.82) is 0 Å². The first-order chi connectivity index (χ1) is 10.6. The van der Waals surface area contributed by atoms with Crippen molar-refractivity contribution in [2.45, 2.75) is 6.04 Å². The van der Waals surface area contributed by atoms with Crippen molar-refractivity contribution in [2.24, 2.45) is 5.92 Å². The lowest BCUT2D eigenvalue weighted by Gasteiger charge is -2.30. The van der Waals surface area contributed by atoms with E-state index < -0.39 is 0 Å². The standard InChI is InChI=1S/C16H21ClN2O3/c1-18-6-11-7-19(8-13(18)10-22-9-11)16(20)14-5-12(17)3-4-15(14)21-2/h3-5,11,13H,6-10H2,1-2H3/t11-,13+/m1/s1. The number of hydrogen-bond acceptors (Lipinski definition) is 4. The van der Waals surface area contributed by atoms with Crippen LogP contribution in [0.4, 0.5) is 0 Å². The molecule has 1 aromatic rings. The van der Waals surface area contributed by atoms with E-state index >= 15 is 0 Å². The van der Waals surface area contributed by atoms with E-state index in [1.807, 2.05) is 4.90 Å². The highest BCUT2D eigenvalue weighted by Gasteiger charge is 2.34. The summed E-state index contributed by atoms with van der Waals surface area (Å²) in [5, 5.41) is 0.541. The largest absolute Gasteiger partial charge is 0.496 e. The number of carbonyl (C=O) groups excluding carboxylic acids is 1. The molecule has 2 saturated heterocycles. The Balaban J connectivity index is 1.87. The predicted molar refractivity (Wildman–Crippen MR) is 84.6 cm³/mol. The molecule has 0 aromatic heterocycles. The number of nitrogens with zero attached hydrogens (tertiary/aromatic N) is 2. The van der Waals surface area contributed by atoms with Gasteiger partial charge in [-0.1, -0.05) is 11.6 Å². The minimum atomic E-state index is -0.0217. The van der Waals surface area contributed by atoms with E-state index in [1.165, 1.54) is 0 Å². The maximum absolute atomic E-state index is 13.0. The first kappa shape index (κ1) is 15.6. The monoisotopic (exact) mass is 324 g/mol. The molecular weight excluding hydrogens is 304 g/mol. The van der Waals surface area contributed by atoms with Gasteiger partial charge < -0.3 is 14.4 Å². The van der Waals surface area contributed by atoms with Gasteiger partial charge in [-0.15, -0.1) is 0 Å². The van der Waals surface area contributed by atoms with E-state index in [9.17, 15) is 4.79 Å². The van der Waals surface area contributed by atoms with E-state index in [1.54, 1.807) is 25.3 Å². The topological polar surface area (TPSA) is 42.0 Å². The maximum Gasteiger partial charge on any atom is 0.257 e. The van der Waals surface area contributed by atoms with Gasteiger partial charge in [-0.05, 0) is 25.2 Å². The van der Waals surface area contributed by atoms with Gasteiger partial charge in [-0.2, -0.15) is 0 Å². The minimum Gasteiger partial charge on any atom is -0.496 e. The number of benzene rings is 1. The lowest BCUT2D eigenvalue weighted by atomic mass is 10.1. The van der Waals surface area contributed by atoms with Crippen LogP contribution in [0, 0.1) is 5.92 Å². The molecule has 2 aliphatic heterocycles. The molecule has 2 bridgehead atoms. The van der Waals surface area contributed by atoms with Gasteiger partial charge in [-0.3, -0.25) is 9.69 Å². The summed E-state index contributed by atoms with van der Waals surface area (Å²) in [5.74, 6) is 0.881. The van der Waals surface area contributed by atoms with Crippen molar-refractivity contribution >= 4 is 17.5 Å². The number of rotatable bonds is 2. The van der Waals surface area contributed by atoms with Gasteiger partial charge in [0, 0.05) is 30.6 Å². The van der Waals surface area contributed by atoms with Crippen LogP contribution in [0.3, 0.4) is 0 Å². The number of methoxy groups -OCH3 is 1. The molecule has 3 rings (SSSR count). The average Bonchev–Trinajstić information content (AvgIpc) is 2.75. The molecule has 0 aliphatic carbocycles. The molecule has 2 heterocycles. The van der Waals surface area contributed by atoms with Crippen molar-refractivity contribution in [3.05, 3.63) is 28.8 Å². The fourth-order valence-electron chi connectivity index (χ4n) is 3.23. The quantitative estimate of drug-likeness (QED) is 0.831. The van der Waals surface area contributed by atoms with Gasteiger partial charge in [0.25, 0.3) is 5.91 Å². The zero-order valence-electron chi connectivity index (χ0n) is 12.9. The summed E-state index contributed by atoms with van der Waals surface area (Å²) in [5.41, 5.74) is 0.526. The van der Waals surface area contributed by atoms with Crippen LogP contribution in [-0.4, -0.2) is 68.8 Å². The molecule has 6 heteroatoms. The summed E-state index contributed by atoms with van der Waals surface area (Å²) >= 11 is 6.05. The summed E-state index contributed by atoms with van der Waals surface area (Å²) in [7, 11) is 3.67. The van der Waals surface area contributed by atoms with Crippen LogP contribution in [0.2, 0.25) is 5.02 Å². The highest BCUT2D eigenvalue weighted by molar-refractivity contribution is 6.31. The second-order valence-corrected chi connectivity index (χ2v) is 6.49. The third-order valence-corrected chi connectivity index (χ3v) is 4.66. The van der Waals surface area contributed by atoms with Gasteiger partial charge in [-0.25, -0.2) is 0 Å². The fourth-order valence-corrected chi connectivity index (χ4v) is 3.41. The number of fused-ring (bicyclic) bond motifs is 3. The lowest BCUT2D eigenvalue weighted by molar-refractivity contribution is 0.0432. The SMILES string of the molecule is COc1ccc(Cl)cc1C(=O)N1C[C@@H]2COC[C@H](C1)N(C)C2. The molecule has 1 amide bonds.